The van der Waals surface area contributed by atoms with Crippen LogP contribution in [0.15, 0.2) is 42.5 Å². The standard InChI is InChI=1S/C25H20N2O4/c28-9-3-8-27-19-7-6-14(25(30)31)11-16(19)21-18-12-26-24(29)22(18)20-15-5-2-1-4-13(15)10-17(20)23(21)27/h1-2,4-7,11,28H,3,8-10,12H2,(H,26,29)(H,30,31). The molecule has 0 saturated carbocycles. The highest BCUT2D eigenvalue weighted by molar-refractivity contribution is 6.20. The fraction of sp³-hybridized carbons (Fsp3) is 0.200. The number of carboxylic acid groups (broad SMARTS) is 1. The van der Waals surface area contributed by atoms with Gasteiger partial charge in [0.1, 0.15) is 0 Å². The van der Waals surface area contributed by atoms with E-state index in [1.165, 1.54) is 5.56 Å². The number of carbonyl (C=O) groups is 2. The summed E-state index contributed by atoms with van der Waals surface area (Å²) in [5.74, 6) is -1.05. The van der Waals surface area contributed by atoms with E-state index < -0.39 is 5.97 Å². The van der Waals surface area contributed by atoms with E-state index in [2.05, 4.69) is 22.0 Å². The molecule has 154 valence electrons. The number of nitrogens with zero attached hydrogens (tertiary/aromatic N) is 1. The van der Waals surface area contributed by atoms with Gasteiger partial charge >= 0.3 is 5.97 Å². The topological polar surface area (TPSA) is 91.6 Å². The van der Waals surface area contributed by atoms with Gasteiger partial charge < -0.3 is 20.1 Å². The summed E-state index contributed by atoms with van der Waals surface area (Å²) in [6.07, 6.45) is 1.32. The number of carboxylic acids is 1. The lowest BCUT2D eigenvalue weighted by atomic mass is 9.92. The number of amides is 1. The van der Waals surface area contributed by atoms with Crippen molar-refractivity contribution in [2.24, 2.45) is 0 Å². The molecule has 2 aliphatic rings. The Morgan fingerprint density at radius 2 is 1.94 bits per heavy atom. The number of fused-ring (bicyclic) bond motifs is 10. The van der Waals surface area contributed by atoms with Crippen LogP contribution in [0.5, 0.6) is 0 Å². The summed E-state index contributed by atoms with van der Waals surface area (Å²) < 4.78 is 2.19. The number of aliphatic hydroxyl groups is 1. The summed E-state index contributed by atoms with van der Waals surface area (Å²) in [6, 6.07) is 13.4. The van der Waals surface area contributed by atoms with Gasteiger partial charge in [0, 0.05) is 48.0 Å². The molecule has 1 aromatic heterocycles. The second-order valence-electron chi connectivity index (χ2n) is 8.21. The average molecular weight is 412 g/mol. The molecule has 3 aromatic carbocycles. The molecule has 1 aliphatic carbocycles. The highest BCUT2D eigenvalue weighted by atomic mass is 16.4. The third-order valence-electron chi connectivity index (χ3n) is 6.60. The van der Waals surface area contributed by atoms with Crippen molar-refractivity contribution >= 4 is 33.7 Å². The number of nitrogens with one attached hydrogen (secondary N) is 1. The Labute approximate surface area is 177 Å². The predicted octanol–water partition coefficient (Wildman–Crippen LogP) is 3.69. The molecule has 0 atom stereocenters. The third-order valence-corrected chi connectivity index (χ3v) is 6.60. The monoisotopic (exact) mass is 412 g/mol. The fourth-order valence-electron chi connectivity index (χ4n) is 5.38. The highest BCUT2D eigenvalue weighted by Gasteiger charge is 2.35. The largest absolute Gasteiger partial charge is 0.478 e. The van der Waals surface area contributed by atoms with Crippen LogP contribution in [0.3, 0.4) is 0 Å². The van der Waals surface area contributed by atoms with Crippen LogP contribution in [0.25, 0.3) is 32.9 Å². The van der Waals surface area contributed by atoms with Gasteiger partial charge in [0.05, 0.1) is 16.6 Å². The lowest BCUT2D eigenvalue weighted by Crippen LogP contribution is -2.13. The van der Waals surface area contributed by atoms with Gasteiger partial charge in [-0.2, -0.15) is 0 Å². The second-order valence-corrected chi connectivity index (χ2v) is 8.21. The summed E-state index contributed by atoms with van der Waals surface area (Å²) in [6.45, 7) is 1.12. The van der Waals surface area contributed by atoms with Crippen molar-refractivity contribution in [1.82, 2.24) is 9.88 Å². The molecule has 0 bridgehead atoms. The molecule has 6 rings (SSSR count). The van der Waals surface area contributed by atoms with E-state index in [-0.39, 0.29) is 18.1 Å². The third kappa shape index (κ3) is 2.36. The predicted molar refractivity (Wildman–Crippen MR) is 118 cm³/mol. The molecule has 0 unspecified atom stereocenters. The summed E-state index contributed by atoms with van der Waals surface area (Å²) in [5, 5.41) is 23.9. The number of aromatic carboxylic acids is 1. The lowest BCUT2D eigenvalue weighted by Gasteiger charge is -2.13. The zero-order chi connectivity index (χ0) is 21.3. The summed E-state index contributed by atoms with van der Waals surface area (Å²) in [5.41, 5.74) is 8.25. The Bertz CT molecular complexity index is 1450. The maximum Gasteiger partial charge on any atom is 0.335 e. The van der Waals surface area contributed by atoms with E-state index in [1.807, 2.05) is 18.2 Å². The van der Waals surface area contributed by atoms with Gasteiger partial charge in [-0.15, -0.1) is 0 Å². The first-order chi connectivity index (χ1) is 15.1. The maximum atomic E-state index is 12.9. The Hall–Kier alpha value is -3.64. The zero-order valence-electron chi connectivity index (χ0n) is 16.7. The van der Waals surface area contributed by atoms with E-state index in [0.717, 1.165) is 56.0 Å². The fourth-order valence-corrected chi connectivity index (χ4v) is 5.38. The maximum absolute atomic E-state index is 12.9. The molecule has 6 heteroatoms. The van der Waals surface area contributed by atoms with E-state index in [9.17, 15) is 19.8 Å². The average Bonchev–Trinajstić information content (AvgIpc) is 3.43. The van der Waals surface area contributed by atoms with Crippen LogP contribution in [0.2, 0.25) is 0 Å². The summed E-state index contributed by atoms with van der Waals surface area (Å²) in [7, 11) is 0. The van der Waals surface area contributed by atoms with Gasteiger partial charge in [-0.1, -0.05) is 24.3 Å². The van der Waals surface area contributed by atoms with Gasteiger partial charge in [-0.25, -0.2) is 4.79 Å². The lowest BCUT2D eigenvalue weighted by molar-refractivity contribution is 0.0696. The van der Waals surface area contributed by atoms with Crippen LogP contribution in [0, 0.1) is 0 Å². The molecule has 2 heterocycles. The summed E-state index contributed by atoms with van der Waals surface area (Å²) >= 11 is 0. The van der Waals surface area contributed by atoms with E-state index in [4.69, 9.17) is 0 Å². The minimum Gasteiger partial charge on any atom is -0.478 e. The Kier molecular flexibility index (Phi) is 3.76. The van der Waals surface area contributed by atoms with Gasteiger partial charge in [0.15, 0.2) is 0 Å². The van der Waals surface area contributed by atoms with Gasteiger partial charge in [0.2, 0.25) is 0 Å². The molecule has 0 radical (unpaired) electrons. The quantitative estimate of drug-likeness (QED) is 0.420. The number of hydrogen-bond donors (Lipinski definition) is 3. The van der Waals surface area contributed by atoms with Gasteiger partial charge in [-0.05, 0) is 46.9 Å². The molecule has 6 nitrogen and oxygen atoms in total. The van der Waals surface area contributed by atoms with Crippen LogP contribution < -0.4 is 5.32 Å². The van der Waals surface area contributed by atoms with E-state index >= 15 is 0 Å². The minimum absolute atomic E-state index is 0.0712. The molecule has 0 fully saturated rings. The number of carbonyl (C=O) groups excluding carboxylic acids is 1. The highest BCUT2D eigenvalue weighted by Crippen LogP contribution is 2.48. The van der Waals surface area contributed by atoms with Crippen LogP contribution in [0.4, 0.5) is 0 Å². The number of aryl methyl sites for hydroxylation is 1. The van der Waals surface area contributed by atoms with E-state index in [1.54, 1.807) is 12.1 Å². The molecule has 4 aromatic rings. The van der Waals surface area contributed by atoms with Crippen LogP contribution in [0.1, 0.15) is 43.8 Å². The van der Waals surface area contributed by atoms with Crippen molar-refractivity contribution in [3.63, 3.8) is 0 Å². The number of aromatic nitrogens is 1. The van der Waals surface area contributed by atoms with Crippen molar-refractivity contribution in [2.75, 3.05) is 6.61 Å². The minimum atomic E-state index is -0.974. The van der Waals surface area contributed by atoms with Crippen molar-refractivity contribution in [3.8, 4) is 11.1 Å². The molecule has 0 spiro atoms. The zero-order valence-corrected chi connectivity index (χ0v) is 16.7. The van der Waals surface area contributed by atoms with Gasteiger partial charge in [-0.3, -0.25) is 4.79 Å². The number of hydrogen-bond acceptors (Lipinski definition) is 3. The summed E-state index contributed by atoms with van der Waals surface area (Å²) in [4.78, 5) is 24.6. The SMILES string of the molecule is O=C(O)c1ccc2c(c1)c1c3c(c4c(c1n2CCCO)Cc1ccccc1-4)C(=O)NC3. The molecule has 1 aliphatic heterocycles. The Morgan fingerprint density at radius 3 is 2.74 bits per heavy atom. The molecule has 31 heavy (non-hydrogen) atoms. The van der Waals surface area contributed by atoms with Crippen LogP contribution in [-0.2, 0) is 19.5 Å². The van der Waals surface area contributed by atoms with Gasteiger partial charge in [0.25, 0.3) is 5.91 Å². The number of aliphatic hydroxyl groups excluding tert-OH is 1. The second kappa shape index (κ2) is 6.43. The van der Waals surface area contributed by atoms with E-state index in [0.29, 0.717) is 19.5 Å². The van der Waals surface area contributed by atoms with Crippen molar-refractivity contribution in [1.29, 1.82) is 0 Å². The van der Waals surface area contributed by atoms with Crippen molar-refractivity contribution in [2.45, 2.75) is 25.9 Å². The van der Waals surface area contributed by atoms with Crippen molar-refractivity contribution < 1.29 is 19.8 Å². The first-order valence-corrected chi connectivity index (χ1v) is 10.4. The van der Waals surface area contributed by atoms with Crippen molar-refractivity contribution in [3.05, 3.63) is 70.3 Å². The Balaban J connectivity index is 1.82. The molecule has 1 amide bonds. The first kappa shape index (κ1) is 18.2. The first-order valence-electron chi connectivity index (χ1n) is 10.4. The number of rotatable bonds is 4. The van der Waals surface area contributed by atoms with Crippen LogP contribution in [-0.4, -0.2) is 33.3 Å². The molecular formula is C25H20N2O4. The molecule has 3 N–H and O–H groups in total. The molecule has 0 saturated heterocycles. The number of benzene rings is 3. The van der Waals surface area contributed by atoms with Crippen LogP contribution >= 0.6 is 0 Å². The molecular weight excluding hydrogens is 392 g/mol. The smallest absolute Gasteiger partial charge is 0.335 e. The Morgan fingerprint density at radius 1 is 1.10 bits per heavy atom. The normalized spacial score (nSPS) is 14.0.